The predicted molar refractivity (Wildman–Crippen MR) is 96.4 cm³/mol. The lowest BCUT2D eigenvalue weighted by Crippen LogP contribution is -2.14. The van der Waals surface area contributed by atoms with E-state index in [-0.39, 0.29) is 24.5 Å². The van der Waals surface area contributed by atoms with Crippen LogP contribution < -0.4 is 5.32 Å². The van der Waals surface area contributed by atoms with Crippen molar-refractivity contribution in [3.63, 3.8) is 0 Å². The zero-order valence-electron chi connectivity index (χ0n) is 14.0. The van der Waals surface area contributed by atoms with Gasteiger partial charge in [-0.25, -0.2) is 0 Å². The van der Waals surface area contributed by atoms with E-state index in [2.05, 4.69) is 11.4 Å². The van der Waals surface area contributed by atoms with Gasteiger partial charge in [0.25, 0.3) is 0 Å². The average Bonchev–Trinajstić information content (AvgIpc) is 2.65. The number of nitrogens with one attached hydrogen (secondary N) is 1. The number of ketones is 1. The molecule has 2 aromatic carbocycles. The van der Waals surface area contributed by atoms with Gasteiger partial charge in [0.15, 0.2) is 5.78 Å². The fraction of sp³-hybridized carbons (Fsp3) is 0.286. The molecule has 0 spiro atoms. The van der Waals surface area contributed by atoms with Crippen LogP contribution in [0, 0.1) is 11.3 Å². The highest BCUT2D eigenvalue weighted by atomic mass is 16.2. The van der Waals surface area contributed by atoms with Gasteiger partial charge in [0, 0.05) is 24.1 Å². The minimum Gasteiger partial charge on any atom is -0.326 e. The van der Waals surface area contributed by atoms with Gasteiger partial charge in [-0.15, -0.1) is 0 Å². The van der Waals surface area contributed by atoms with Crippen LogP contribution in [0.5, 0.6) is 0 Å². The molecule has 1 N–H and O–H groups in total. The molecule has 0 aromatic heterocycles. The first-order valence-corrected chi connectivity index (χ1v) is 8.61. The van der Waals surface area contributed by atoms with Crippen LogP contribution in [-0.4, -0.2) is 11.7 Å². The number of nitrogens with zero attached hydrogens (tertiary/aromatic N) is 1. The molecule has 0 bridgehead atoms. The number of nitriles is 1. The fourth-order valence-electron chi connectivity index (χ4n) is 3.17. The monoisotopic (exact) mass is 332 g/mol. The van der Waals surface area contributed by atoms with Crippen LogP contribution in [0.4, 0.5) is 5.69 Å². The fourth-order valence-corrected chi connectivity index (χ4v) is 3.17. The Morgan fingerprint density at radius 1 is 1.00 bits per heavy atom. The van der Waals surface area contributed by atoms with Crippen LogP contribution in [0.2, 0.25) is 0 Å². The van der Waals surface area contributed by atoms with Gasteiger partial charge in [-0.05, 0) is 61.1 Å². The summed E-state index contributed by atoms with van der Waals surface area (Å²) >= 11 is 0. The molecule has 4 nitrogen and oxygen atoms in total. The molecule has 0 aliphatic heterocycles. The number of hydrogen-bond acceptors (Lipinski definition) is 3. The summed E-state index contributed by atoms with van der Waals surface area (Å²) in [6.45, 7) is 0. The Bertz CT molecular complexity index is 849. The number of rotatable bonds is 5. The van der Waals surface area contributed by atoms with Gasteiger partial charge in [-0.2, -0.15) is 5.26 Å². The van der Waals surface area contributed by atoms with Crippen molar-refractivity contribution >= 4 is 17.4 Å². The van der Waals surface area contributed by atoms with E-state index in [1.807, 2.05) is 18.2 Å². The highest BCUT2D eigenvalue weighted by Gasteiger charge is 2.14. The van der Waals surface area contributed by atoms with E-state index < -0.39 is 0 Å². The summed E-state index contributed by atoms with van der Waals surface area (Å²) in [5, 5.41) is 11.6. The molecule has 0 unspecified atom stereocenters. The Kier molecular flexibility index (Phi) is 5.25. The Labute approximate surface area is 147 Å². The molecule has 0 saturated carbocycles. The number of fused-ring (bicyclic) bond motifs is 1. The maximum atomic E-state index is 12.4. The molecule has 25 heavy (non-hydrogen) atoms. The molecule has 1 aliphatic carbocycles. The van der Waals surface area contributed by atoms with Gasteiger partial charge in [0.1, 0.15) is 0 Å². The highest BCUT2D eigenvalue weighted by Crippen LogP contribution is 2.23. The van der Waals surface area contributed by atoms with Crippen LogP contribution in [0.3, 0.4) is 0 Å². The predicted octanol–water partition coefficient (Wildman–Crippen LogP) is 4.04. The molecule has 3 rings (SSSR count). The van der Waals surface area contributed by atoms with Gasteiger partial charge in [0.2, 0.25) is 5.91 Å². The number of anilines is 1. The summed E-state index contributed by atoms with van der Waals surface area (Å²) in [5.41, 5.74) is 4.38. The van der Waals surface area contributed by atoms with Crippen molar-refractivity contribution in [2.75, 3.05) is 5.32 Å². The van der Waals surface area contributed by atoms with Crippen LogP contribution in [0.1, 0.15) is 52.7 Å². The molecular weight excluding hydrogens is 312 g/mol. The maximum absolute atomic E-state index is 12.4. The van der Waals surface area contributed by atoms with Gasteiger partial charge in [-0.1, -0.05) is 18.2 Å². The van der Waals surface area contributed by atoms with Crippen LogP contribution in [0.25, 0.3) is 0 Å². The summed E-state index contributed by atoms with van der Waals surface area (Å²) in [4.78, 5) is 24.4. The molecular formula is C21H20N2O2. The number of hydrogen-bond donors (Lipinski definition) is 1. The molecule has 2 aromatic rings. The number of benzene rings is 2. The van der Waals surface area contributed by atoms with Gasteiger partial charge >= 0.3 is 0 Å². The molecule has 0 heterocycles. The van der Waals surface area contributed by atoms with E-state index in [4.69, 9.17) is 5.26 Å². The first-order chi connectivity index (χ1) is 12.2. The third-order valence-corrected chi connectivity index (χ3v) is 4.53. The summed E-state index contributed by atoms with van der Waals surface area (Å²) < 4.78 is 0. The summed E-state index contributed by atoms with van der Waals surface area (Å²) in [7, 11) is 0. The van der Waals surface area contributed by atoms with E-state index in [9.17, 15) is 9.59 Å². The molecule has 1 amide bonds. The maximum Gasteiger partial charge on any atom is 0.224 e. The second-order valence-electron chi connectivity index (χ2n) is 6.35. The van der Waals surface area contributed by atoms with Crippen molar-refractivity contribution in [3.8, 4) is 6.07 Å². The number of aryl methyl sites for hydroxylation is 2. The Hall–Kier alpha value is -2.93. The minimum absolute atomic E-state index is 0.00528. The quantitative estimate of drug-likeness (QED) is 0.840. The lowest BCUT2D eigenvalue weighted by molar-refractivity contribution is -0.116. The van der Waals surface area contributed by atoms with Crippen LogP contribution in [-0.2, 0) is 17.6 Å². The highest BCUT2D eigenvalue weighted by molar-refractivity contribution is 6.00. The normalized spacial score (nSPS) is 12.8. The molecule has 0 saturated heterocycles. The van der Waals surface area contributed by atoms with Crippen molar-refractivity contribution in [2.45, 2.75) is 38.5 Å². The standard InChI is InChI=1S/C21H20N2O2/c22-14-15-4-3-7-19(12-15)23-21(25)11-10-20(24)18-9-8-16-5-1-2-6-17(16)13-18/h3-4,7-9,12-13H,1-2,5-6,10-11H2,(H,23,25). The zero-order valence-corrected chi connectivity index (χ0v) is 14.0. The molecule has 0 atom stereocenters. The summed E-state index contributed by atoms with van der Waals surface area (Å²) in [6.07, 6.45) is 4.83. The first-order valence-electron chi connectivity index (χ1n) is 8.61. The number of carbonyl (C=O) groups excluding carboxylic acids is 2. The third kappa shape index (κ3) is 4.33. The Balaban J connectivity index is 1.56. The molecule has 1 aliphatic rings. The molecule has 4 heteroatoms. The molecule has 0 fully saturated rings. The van der Waals surface area contributed by atoms with E-state index in [0.717, 1.165) is 12.8 Å². The smallest absolute Gasteiger partial charge is 0.224 e. The van der Waals surface area contributed by atoms with Crippen LogP contribution >= 0.6 is 0 Å². The molecule has 126 valence electrons. The van der Waals surface area contributed by atoms with Gasteiger partial charge in [-0.3, -0.25) is 9.59 Å². The summed E-state index contributed by atoms with van der Waals surface area (Å²) in [6, 6.07) is 14.7. The van der Waals surface area contributed by atoms with Crippen molar-refractivity contribution in [3.05, 3.63) is 64.7 Å². The van der Waals surface area contributed by atoms with E-state index in [1.54, 1.807) is 24.3 Å². The van der Waals surface area contributed by atoms with Gasteiger partial charge in [0.05, 0.1) is 11.6 Å². The molecule has 0 radical (unpaired) electrons. The van der Waals surface area contributed by atoms with Gasteiger partial charge < -0.3 is 5.32 Å². The number of Topliss-reactive ketones (excluding diaryl/α,β-unsaturated/α-hetero) is 1. The number of carbonyl (C=O) groups is 2. The SMILES string of the molecule is N#Cc1cccc(NC(=O)CCC(=O)c2ccc3c(c2)CCCC3)c1. The lowest BCUT2D eigenvalue weighted by atomic mass is 9.89. The van der Waals surface area contributed by atoms with Crippen molar-refractivity contribution in [1.82, 2.24) is 0 Å². The Morgan fingerprint density at radius 3 is 2.60 bits per heavy atom. The summed E-state index contributed by atoms with van der Waals surface area (Å²) in [5.74, 6) is -0.226. The Morgan fingerprint density at radius 2 is 1.80 bits per heavy atom. The topological polar surface area (TPSA) is 70.0 Å². The van der Waals surface area contributed by atoms with Crippen molar-refractivity contribution < 1.29 is 9.59 Å². The van der Waals surface area contributed by atoms with Crippen molar-refractivity contribution in [2.24, 2.45) is 0 Å². The average molecular weight is 332 g/mol. The first kappa shape index (κ1) is 16.9. The van der Waals surface area contributed by atoms with E-state index >= 15 is 0 Å². The zero-order chi connectivity index (χ0) is 17.6. The lowest BCUT2D eigenvalue weighted by Gasteiger charge is -2.16. The van der Waals surface area contributed by atoms with Crippen LogP contribution in [0.15, 0.2) is 42.5 Å². The number of amides is 1. The van der Waals surface area contributed by atoms with Crippen molar-refractivity contribution in [1.29, 1.82) is 5.26 Å². The third-order valence-electron chi connectivity index (χ3n) is 4.53. The largest absolute Gasteiger partial charge is 0.326 e. The minimum atomic E-state index is -0.221. The van der Waals surface area contributed by atoms with E-state index in [0.29, 0.717) is 16.8 Å². The second kappa shape index (κ2) is 7.76. The second-order valence-corrected chi connectivity index (χ2v) is 6.35. The van der Waals surface area contributed by atoms with E-state index in [1.165, 1.54) is 24.0 Å².